The lowest BCUT2D eigenvalue weighted by Gasteiger charge is -2.09. The normalized spacial score (nSPS) is 10.8. The first-order valence-electron chi connectivity index (χ1n) is 7.15. The fourth-order valence-corrected chi connectivity index (χ4v) is 2.09. The Bertz CT molecular complexity index is 769. The molecule has 0 aliphatic carbocycles. The predicted octanol–water partition coefficient (Wildman–Crippen LogP) is 4.53. The van der Waals surface area contributed by atoms with Crippen LogP contribution in [0.2, 0.25) is 0 Å². The molecule has 0 aromatic heterocycles. The van der Waals surface area contributed by atoms with Gasteiger partial charge in [-0.3, -0.25) is 0 Å². The molecule has 120 valence electrons. The van der Waals surface area contributed by atoms with Gasteiger partial charge in [0.1, 0.15) is 17.1 Å². The van der Waals surface area contributed by atoms with Crippen LogP contribution in [0.5, 0.6) is 5.75 Å². The van der Waals surface area contributed by atoms with Gasteiger partial charge in [0.25, 0.3) is 0 Å². The summed E-state index contributed by atoms with van der Waals surface area (Å²) in [5.74, 6) is 0.647. The van der Waals surface area contributed by atoms with Crippen molar-refractivity contribution in [1.29, 1.82) is 0 Å². The van der Waals surface area contributed by atoms with Gasteiger partial charge in [-0.15, -0.1) is 10.2 Å². The number of carbonyl (C=O) groups excluding carboxylic acids is 1. The minimum atomic E-state index is -0.643. The highest BCUT2D eigenvalue weighted by atomic mass is 16.5. The molecule has 6 heteroatoms. The number of nitrogens with two attached hydrogens (primary N) is 1. The molecule has 0 saturated heterocycles. The van der Waals surface area contributed by atoms with Crippen molar-refractivity contribution in [3.05, 3.63) is 47.0 Å². The highest BCUT2D eigenvalue weighted by Gasteiger charge is 2.07. The maximum absolute atomic E-state index is 11.1. The zero-order valence-corrected chi connectivity index (χ0v) is 13.7. The molecule has 2 amide bonds. The number of amides is 2. The average molecular weight is 312 g/mol. The maximum Gasteiger partial charge on any atom is 0.316 e. The van der Waals surface area contributed by atoms with Crippen molar-refractivity contribution < 1.29 is 9.53 Å². The molecule has 0 aliphatic rings. The first-order valence-corrected chi connectivity index (χ1v) is 7.15. The Labute approximate surface area is 135 Å². The molecule has 0 atom stereocenters. The highest BCUT2D eigenvalue weighted by Crippen LogP contribution is 2.33. The van der Waals surface area contributed by atoms with Gasteiger partial charge in [0, 0.05) is 0 Å². The lowest BCUT2D eigenvalue weighted by Crippen LogP contribution is -2.19. The minimum Gasteiger partial charge on any atom is -0.494 e. The lowest BCUT2D eigenvalue weighted by molar-refractivity contribution is 0.259. The van der Waals surface area contributed by atoms with Gasteiger partial charge >= 0.3 is 6.03 Å². The Morgan fingerprint density at radius 2 is 1.70 bits per heavy atom. The summed E-state index contributed by atoms with van der Waals surface area (Å²) in [5.41, 5.74) is 10.1. The molecular formula is C17H20N4O2. The highest BCUT2D eigenvalue weighted by molar-refractivity contribution is 5.91. The van der Waals surface area contributed by atoms with Gasteiger partial charge in [-0.1, -0.05) is 6.07 Å². The molecule has 0 unspecified atom stereocenters. The van der Waals surface area contributed by atoms with E-state index in [0.29, 0.717) is 22.8 Å². The number of benzene rings is 2. The molecule has 3 N–H and O–H groups in total. The third kappa shape index (κ3) is 4.06. The van der Waals surface area contributed by atoms with Crippen LogP contribution in [-0.4, -0.2) is 13.1 Å². The number of nitrogens with one attached hydrogen (secondary N) is 1. The van der Waals surface area contributed by atoms with Crippen LogP contribution in [-0.2, 0) is 0 Å². The number of nitrogens with zero attached hydrogens (tertiary/aromatic N) is 2. The first-order chi connectivity index (χ1) is 10.9. The summed E-state index contributed by atoms with van der Waals surface area (Å²) in [7, 11) is 1.59. The smallest absolute Gasteiger partial charge is 0.316 e. The van der Waals surface area contributed by atoms with E-state index in [0.717, 1.165) is 16.7 Å². The van der Waals surface area contributed by atoms with Gasteiger partial charge in [-0.25, -0.2) is 4.79 Å². The second-order valence-corrected chi connectivity index (χ2v) is 5.32. The third-order valence-electron chi connectivity index (χ3n) is 3.47. The molecular weight excluding hydrogens is 292 g/mol. The van der Waals surface area contributed by atoms with E-state index >= 15 is 0 Å². The standard InChI is InChI=1S/C17H20N4O2/c1-10-5-6-13(14(7-10)19-17(18)22)20-21-15-8-11(2)12(3)9-16(15)23-4/h5-9H,1-4H3,(H3,18,19,22). The van der Waals surface area contributed by atoms with Gasteiger partial charge in [0.15, 0.2) is 0 Å². The molecule has 0 aliphatic heterocycles. The summed E-state index contributed by atoms with van der Waals surface area (Å²) < 4.78 is 5.34. The Hall–Kier alpha value is -2.89. The molecule has 0 bridgehead atoms. The zero-order chi connectivity index (χ0) is 17.0. The topological polar surface area (TPSA) is 89.1 Å². The van der Waals surface area contributed by atoms with Crippen LogP contribution in [0.3, 0.4) is 0 Å². The van der Waals surface area contributed by atoms with Gasteiger partial charge in [-0.2, -0.15) is 0 Å². The van der Waals surface area contributed by atoms with Crippen LogP contribution in [0.15, 0.2) is 40.6 Å². The minimum absolute atomic E-state index is 0.518. The van der Waals surface area contributed by atoms with Gasteiger partial charge < -0.3 is 15.8 Å². The molecule has 2 aromatic rings. The molecule has 2 rings (SSSR count). The lowest BCUT2D eigenvalue weighted by atomic mass is 10.1. The molecule has 0 fully saturated rings. The number of hydrogen-bond donors (Lipinski definition) is 2. The fourth-order valence-electron chi connectivity index (χ4n) is 2.09. The Morgan fingerprint density at radius 1 is 1.04 bits per heavy atom. The summed E-state index contributed by atoms with van der Waals surface area (Å²) >= 11 is 0. The molecule has 0 radical (unpaired) electrons. The number of urea groups is 1. The van der Waals surface area contributed by atoms with Gasteiger partial charge in [-0.05, 0) is 61.7 Å². The molecule has 23 heavy (non-hydrogen) atoms. The van der Waals surface area contributed by atoms with Crippen LogP contribution >= 0.6 is 0 Å². The van der Waals surface area contributed by atoms with Crippen LogP contribution in [0.4, 0.5) is 21.9 Å². The SMILES string of the molecule is COc1cc(C)c(C)cc1N=Nc1ccc(C)cc1NC(N)=O. The Kier molecular flexibility index (Phi) is 4.95. The molecule has 2 aromatic carbocycles. The Balaban J connectivity index is 2.41. The second kappa shape index (κ2) is 6.91. The Morgan fingerprint density at radius 3 is 2.35 bits per heavy atom. The summed E-state index contributed by atoms with van der Waals surface area (Å²) in [6.45, 7) is 5.92. The van der Waals surface area contributed by atoms with E-state index in [1.54, 1.807) is 19.2 Å². The summed E-state index contributed by atoms with van der Waals surface area (Å²) in [6, 6.07) is 8.64. The fraction of sp³-hybridized carbons (Fsp3) is 0.235. The molecule has 6 nitrogen and oxygen atoms in total. The molecule has 0 heterocycles. The van der Waals surface area contributed by atoms with E-state index in [-0.39, 0.29) is 0 Å². The number of ether oxygens (including phenoxy) is 1. The summed E-state index contributed by atoms with van der Waals surface area (Å²) in [5, 5.41) is 11.0. The number of azo groups is 1. The van der Waals surface area contributed by atoms with Crippen molar-refractivity contribution in [2.45, 2.75) is 20.8 Å². The van der Waals surface area contributed by atoms with Gasteiger partial charge in [0.2, 0.25) is 0 Å². The second-order valence-electron chi connectivity index (χ2n) is 5.32. The van der Waals surface area contributed by atoms with Crippen molar-refractivity contribution in [2.24, 2.45) is 16.0 Å². The van der Waals surface area contributed by atoms with E-state index in [2.05, 4.69) is 15.5 Å². The van der Waals surface area contributed by atoms with Crippen molar-refractivity contribution >= 4 is 23.1 Å². The monoisotopic (exact) mass is 312 g/mol. The third-order valence-corrected chi connectivity index (χ3v) is 3.47. The molecule has 0 saturated carbocycles. The number of carbonyl (C=O) groups is 1. The number of primary amides is 1. The largest absolute Gasteiger partial charge is 0.494 e. The average Bonchev–Trinajstić information content (AvgIpc) is 2.48. The van der Waals surface area contributed by atoms with Crippen molar-refractivity contribution in [2.75, 3.05) is 12.4 Å². The quantitative estimate of drug-likeness (QED) is 0.812. The predicted molar refractivity (Wildman–Crippen MR) is 91.0 cm³/mol. The van der Waals surface area contributed by atoms with Crippen molar-refractivity contribution in [1.82, 2.24) is 0 Å². The van der Waals surface area contributed by atoms with E-state index in [1.165, 1.54) is 0 Å². The van der Waals surface area contributed by atoms with Crippen molar-refractivity contribution in [3.63, 3.8) is 0 Å². The summed E-state index contributed by atoms with van der Waals surface area (Å²) in [6.07, 6.45) is 0. The number of methoxy groups -OCH3 is 1. The van der Waals surface area contributed by atoms with E-state index in [4.69, 9.17) is 10.5 Å². The number of aryl methyl sites for hydroxylation is 3. The van der Waals surface area contributed by atoms with E-state index in [9.17, 15) is 4.79 Å². The summed E-state index contributed by atoms with van der Waals surface area (Å²) in [4.78, 5) is 11.1. The van der Waals surface area contributed by atoms with Crippen LogP contribution in [0.25, 0.3) is 0 Å². The first kappa shape index (κ1) is 16.5. The van der Waals surface area contributed by atoms with Crippen molar-refractivity contribution in [3.8, 4) is 5.75 Å². The van der Waals surface area contributed by atoms with Crippen LogP contribution < -0.4 is 15.8 Å². The van der Waals surface area contributed by atoms with Crippen LogP contribution in [0.1, 0.15) is 16.7 Å². The maximum atomic E-state index is 11.1. The molecule has 0 spiro atoms. The number of anilines is 1. The zero-order valence-electron chi connectivity index (χ0n) is 13.7. The number of hydrogen-bond acceptors (Lipinski definition) is 4. The van der Waals surface area contributed by atoms with E-state index < -0.39 is 6.03 Å². The number of rotatable bonds is 4. The van der Waals surface area contributed by atoms with Crippen LogP contribution in [0, 0.1) is 20.8 Å². The van der Waals surface area contributed by atoms with E-state index in [1.807, 2.05) is 39.0 Å². The van der Waals surface area contributed by atoms with Gasteiger partial charge in [0.05, 0.1) is 12.8 Å².